The van der Waals surface area contributed by atoms with E-state index >= 15 is 0 Å². The van der Waals surface area contributed by atoms with Crippen LogP contribution in [0.4, 0.5) is 0 Å². The topological polar surface area (TPSA) is 12.4 Å². The smallest absolute Gasteiger partial charge is 0.0435 e. The molecule has 0 saturated heterocycles. The first kappa shape index (κ1) is 13.4. The monoisotopic (exact) mass is 283 g/mol. The number of halogens is 1. The molecule has 2 heteroatoms. The van der Waals surface area contributed by atoms with Crippen molar-refractivity contribution in [3.63, 3.8) is 0 Å². The van der Waals surface area contributed by atoms with E-state index in [1.54, 1.807) is 0 Å². The van der Waals surface area contributed by atoms with Gasteiger partial charge in [-0.05, 0) is 48.1 Å². The number of benzene rings is 2. The molecule has 0 aliphatic heterocycles. The lowest BCUT2D eigenvalue weighted by Crippen LogP contribution is -2.17. The van der Waals surface area contributed by atoms with Crippen molar-refractivity contribution in [3.05, 3.63) is 69.7 Å². The van der Waals surface area contributed by atoms with E-state index in [-0.39, 0.29) is 0 Å². The molecule has 1 atom stereocenters. The highest BCUT2D eigenvalue weighted by Crippen LogP contribution is 2.37. The quantitative estimate of drug-likeness (QED) is 0.699. The van der Waals surface area contributed by atoms with E-state index in [2.05, 4.69) is 48.3 Å². The van der Waals surface area contributed by atoms with Crippen molar-refractivity contribution in [1.29, 1.82) is 0 Å². The van der Waals surface area contributed by atoms with E-state index in [0.717, 1.165) is 23.4 Å². The van der Waals surface area contributed by atoms with Gasteiger partial charge in [0.25, 0.3) is 0 Å². The third-order valence-electron chi connectivity index (χ3n) is 4.17. The lowest BCUT2D eigenvalue weighted by molar-refractivity contribution is 0.721. The number of hydrogen-bond donors (Lipinski definition) is 0. The fourth-order valence-electron chi connectivity index (χ4n) is 3.10. The number of nitrogens with zero attached hydrogens (tertiary/aromatic N) is 1. The summed E-state index contributed by atoms with van der Waals surface area (Å²) in [6.07, 6.45) is 2.16. The predicted molar refractivity (Wildman–Crippen MR) is 86.2 cm³/mol. The molecule has 0 saturated carbocycles. The molecule has 0 N–H and O–H groups in total. The van der Waals surface area contributed by atoms with Crippen molar-refractivity contribution in [2.24, 2.45) is 4.99 Å². The Morgan fingerprint density at radius 2 is 1.95 bits per heavy atom. The maximum absolute atomic E-state index is 6.15. The summed E-state index contributed by atoms with van der Waals surface area (Å²) >= 11 is 6.15. The van der Waals surface area contributed by atoms with E-state index in [0.29, 0.717) is 5.92 Å². The minimum absolute atomic E-state index is 0.452. The van der Waals surface area contributed by atoms with Gasteiger partial charge in [-0.2, -0.15) is 0 Å². The minimum Gasteiger partial charge on any atom is -0.292 e. The molecule has 2 aromatic carbocycles. The maximum Gasteiger partial charge on any atom is 0.0435 e. The predicted octanol–water partition coefficient (Wildman–Crippen LogP) is 4.99. The molecule has 0 radical (unpaired) electrons. The van der Waals surface area contributed by atoms with Crippen LogP contribution < -0.4 is 0 Å². The Kier molecular flexibility index (Phi) is 3.62. The average molecular weight is 284 g/mol. The molecular weight excluding hydrogens is 266 g/mol. The highest BCUT2D eigenvalue weighted by atomic mass is 35.5. The normalized spacial score (nSPS) is 19.9. The molecule has 1 aliphatic rings. The Bertz CT molecular complexity index is 673. The molecule has 3 rings (SSSR count). The lowest BCUT2D eigenvalue weighted by Gasteiger charge is -2.27. The fraction of sp³-hybridized carbons (Fsp3) is 0.278. The zero-order valence-electron chi connectivity index (χ0n) is 11.9. The summed E-state index contributed by atoms with van der Waals surface area (Å²) in [6.45, 7) is 2.07. The number of aryl methyl sites for hydroxylation is 1. The van der Waals surface area contributed by atoms with Crippen LogP contribution in [-0.4, -0.2) is 12.8 Å². The summed E-state index contributed by atoms with van der Waals surface area (Å²) in [5, 5.41) is 0.841. The van der Waals surface area contributed by atoms with Gasteiger partial charge in [0.2, 0.25) is 0 Å². The summed E-state index contributed by atoms with van der Waals surface area (Å²) < 4.78 is 0. The van der Waals surface area contributed by atoms with Crippen molar-refractivity contribution in [2.75, 3.05) is 7.05 Å². The molecule has 0 unspecified atom stereocenters. The molecule has 0 amide bonds. The molecule has 20 heavy (non-hydrogen) atoms. The fourth-order valence-corrected chi connectivity index (χ4v) is 3.22. The molecular formula is C18H18ClN. The van der Waals surface area contributed by atoms with Crippen molar-refractivity contribution in [3.8, 4) is 0 Å². The van der Waals surface area contributed by atoms with Crippen LogP contribution in [0.1, 0.15) is 41.0 Å². The summed E-state index contributed by atoms with van der Waals surface area (Å²) in [5.74, 6) is 0.452. The van der Waals surface area contributed by atoms with Gasteiger partial charge >= 0.3 is 0 Å². The van der Waals surface area contributed by atoms with Gasteiger partial charge in [-0.1, -0.05) is 48.0 Å². The molecule has 2 aromatic rings. The third-order valence-corrected chi connectivity index (χ3v) is 4.60. The standard InChI is InChI=1S/C18H18ClN/c1-12-11-13(7-9-17(12)19)14-8-10-18(20-2)16-6-4-3-5-15(14)16/h3-7,9,11,14H,8,10H2,1-2H3/t14-/m0/s1. The molecule has 0 heterocycles. The lowest BCUT2D eigenvalue weighted by atomic mass is 9.78. The van der Waals surface area contributed by atoms with Crippen LogP contribution in [0, 0.1) is 6.92 Å². The number of fused-ring (bicyclic) bond motifs is 1. The van der Waals surface area contributed by atoms with Gasteiger partial charge in [-0.3, -0.25) is 4.99 Å². The van der Waals surface area contributed by atoms with E-state index in [4.69, 9.17) is 11.6 Å². The second-order valence-corrected chi connectivity index (χ2v) is 5.76. The Balaban J connectivity index is 2.09. The minimum atomic E-state index is 0.452. The molecule has 0 aromatic heterocycles. The summed E-state index contributed by atoms with van der Waals surface area (Å²) in [6, 6.07) is 15.0. The van der Waals surface area contributed by atoms with Gasteiger partial charge in [-0.15, -0.1) is 0 Å². The van der Waals surface area contributed by atoms with Gasteiger partial charge in [-0.25, -0.2) is 0 Å². The molecule has 1 nitrogen and oxygen atoms in total. The number of hydrogen-bond acceptors (Lipinski definition) is 1. The van der Waals surface area contributed by atoms with Crippen LogP contribution in [0.2, 0.25) is 5.02 Å². The molecule has 0 fully saturated rings. The van der Waals surface area contributed by atoms with Gasteiger partial charge in [0.15, 0.2) is 0 Å². The van der Waals surface area contributed by atoms with Crippen LogP contribution >= 0.6 is 11.6 Å². The Hall–Kier alpha value is -1.60. The molecule has 1 aliphatic carbocycles. The second kappa shape index (κ2) is 5.41. The largest absolute Gasteiger partial charge is 0.292 e. The van der Waals surface area contributed by atoms with Crippen molar-refractivity contribution in [2.45, 2.75) is 25.7 Å². The average Bonchev–Trinajstić information content (AvgIpc) is 2.49. The van der Waals surface area contributed by atoms with E-state index < -0.39 is 0 Å². The molecule has 0 bridgehead atoms. The highest BCUT2D eigenvalue weighted by molar-refractivity contribution is 6.31. The van der Waals surface area contributed by atoms with Gasteiger partial charge in [0.1, 0.15) is 0 Å². The Labute approximate surface area is 125 Å². The highest BCUT2D eigenvalue weighted by Gasteiger charge is 2.25. The van der Waals surface area contributed by atoms with Crippen LogP contribution in [0.5, 0.6) is 0 Å². The van der Waals surface area contributed by atoms with Crippen LogP contribution in [0.25, 0.3) is 0 Å². The SMILES string of the molecule is CN=C1CC[C@@H](c2ccc(Cl)c(C)c2)c2ccccc21. The first-order valence-electron chi connectivity index (χ1n) is 7.01. The van der Waals surface area contributed by atoms with Crippen molar-refractivity contribution in [1.82, 2.24) is 0 Å². The van der Waals surface area contributed by atoms with Gasteiger partial charge in [0, 0.05) is 23.7 Å². The van der Waals surface area contributed by atoms with Gasteiger partial charge in [0.05, 0.1) is 0 Å². The Morgan fingerprint density at radius 3 is 2.70 bits per heavy atom. The van der Waals surface area contributed by atoms with E-state index in [9.17, 15) is 0 Å². The number of rotatable bonds is 1. The van der Waals surface area contributed by atoms with Crippen LogP contribution in [0.15, 0.2) is 47.5 Å². The molecule has 0 spiro atoms. The molecule has 102 valence electrons. The van der Waals surface area contributed by atoms with Crippen LogP contribution in [-0.2, 0) is 0 Å². The second-order valence-electron chi connectivity index (χ2n) is 5.36. The van der Waals surface area contributed by atoms with E-state index in [1.807, 2.05) is 13.1 Å². The number of aliphatic imine (C=N–C) groups is 1. The maximum atomic E-state index is 6.15. The zero-order chi connectivity index (χ0) is 14.1. The summed E-state index contributed by atoms with van der Waals surface area (Å²) in [4.78, 5) is 4.44. The third kappa shape index (κ3) is 2.27. The summed E-state index contributed by atoms with van der Waals surface area (Å²) in [7, 11) is 1.89. The first-order valence-corrected chi connectivity index (χ1v) is 7.39. The van der Waals surface area contributed by atoms with Crippen molar-refractivity contribution >= 4 is 17.3 Å². The van der Waals surface area contributed by atoms with E-state index in [1.165, 1.54) is 22.4 Å². The Morgan fingerprint density at radius 1 is 1.15 bits per heavy atom. The van der Waals surface area contributed by atoms with Crippen molar-refractivity contribution < 1.29 is 0 Å². The first-order chi connectivity index (χ1) is 9.70. The zero-order valence-corrected chi connectivity index (χ0v) is 12.6. The van der Waals surface area contributed by atoms with Gasteiger partial charge < -0.3 is 0 Å². The summed E-state index contributed by atoms with van der Waals surface area (Å²) in [5.41, 5.74) is 6.42. The van der Waals surface area contributed by atoms with Crippen LogP contribution in [0.3, 0.4) is 0 Å².